The molecule has 29 heavy (non-hydrogen) atoms. The smallest absolute Gasteiger partial charge is 0.238 e. The molecule has 2 aliphatic rings. The maximum absolute atomic E-state index is 12.5. The number of ether oxygens (including phenoxy) is 2. The highest BCUT2D eigenvalue weighted by Gasteiger charge is 2.21. The van der Waals surface area contributed by atoms with Crippen molar-refractivity contribution in [2.45, 2.75) is 13.0 Å². The standard InChI is InChI=1S/C21H25ClN4O3/c22-17-12-19-20(29-11-3-10-28-19)13-18(17)24-21(27)15-26-8-6-25(7-9-26)14-16-4-1-2-5-23-16/h1-2,4-5,12-13H,3,6-11,14-15H2,(H,24,27). The second-order valence-electron chi connectivity index (χ2n) is 7.25. The van der Waals surface area contributed by atoms with Crippen molar-refractivity contribution in [1.82, 2.24) is 14.8 Å². The predicted molar refractivity (Wildman–Crippen MR) is 112 cm³/mol. The van der Waals surface area contributed by atoms with E-state index in [-0.39, 0.29) is 5.91 Å². The van der Waals surface area contributed by atoms with Crippen molar-refractivity contribution < 1.29 is 14.3 Å². The number of amides is 1. The average molecular weight is 417 g/mol. The Bertz CT molecular complexity index is 841. The van der Waals surface area contributed by atoms with Gasteiger partial charge >= 0.3 is 0 Å². The maximum atomic E-state index is 12.5. The number of fused-ring (bicyclic) bond motifs is 1. The number of piperazine rings is 1. The molecule has 3 heterocycles. The van der Waals surface area contributed by atoms with E-state index in [1.54, 1.807) is 12.1 Å². The van der Waals surface area contributed by atoms with E-state index < -0.39 is 0 Å². The van der Waals surface area contributed by atoms with Gasteiger partial charge in [-0.3, -0.25) is 19.6 Å². The minimum atomic E-state index is -0.0837. The van der Waals surface area contributed by atoms with Crippen LogP contribution >= 0.6 is 11.6 Å². The molecule has 1 amide bonds. The summed E-state index contributed by atoms with van der Waals surface area (Å²) in [6.07, 6.45) is 2.64. The van der Waals surface area contributed by atoms with E-state index in [0.717, 1.165) is 44.8 Å². The third-order valence-electron chi connectivity index (χ3n) is 5.06. The topological polar surface area (TPSA) is 66.9 Å². The van der Waals surface area contributed by atoms with E-state index in [1.807, 2.05) is 24.4 Å². The van der Waals surface area contributed by atoms with Crippen LogP contribution in [-0.2, 0) is 11.3 Å². The molecule has 1 aromatic carbocycles. The summed E-state index contributed by atoms with van der Waals surface area (Å²) < 4.78 is 11.3. The Labute approximate surface area is 175 Å². The number of hydrogen-bond donors (Lipinski definition) is 1. The molecule has 0 saturated carbocycles. The van der Waals surface area contributed by atoms with Crippen LogP contribution in [0.2, 0.25) is 5.02 Å². The molecule has 0 atom stereocenters. The van der Waals surface area contributed by atoms with Crippen molar-refractivity contribution in [1.29, 1.82) is 0 Å². The molecule has 8 heteroatoms. The van der Waals surface area contributed by atoms with Gasteiger partial charge in [0.1, 0.15) is 0 Å². The molecule has 0 aliphatic carbocycles. The highest BCUT2D eigenvalue weighted by Crippen LogP contribution is 2.37. The quantitative estimate of drug-likeness (QED) is 0.808. The average Bonchev–Trinajstić information content (AvgIpc) is 2.95. The monoisotopic (exact) mass is 416 g/mol. The van der Waals surface area contributed by atoms with Crippen molar-refractivity contribution in [2.75, 3.05) is 51.3 Å². The Kier molecular flexibility index (Phi) is 6.49. The first-order chi connectivity index (χ1) is 14.2. The number of hydrogen-bond acceptors (Lipinski definition) is 6. The summed E-state index contributed by atoms with van der Waals surface area (Å²) in [5.41, 5.74) is 1.62. The van der Waals surface area contributed by atoms with Crippen LogP contribution in [0.1, 0.15) is 12.1 Å². The largest absolute Gasteiger partial charge is 0.490 e. The van der Waals surface area contributed by atoms with Gasteiger partial charge in [-0.25, -0.2) is 0 Å². The van der Waals surface area contributed by atoms with Gasteiger partial charge in [0.05, 0.1) is 36.2 Å². The molecule has 154 valence electrons. The molecule has 0 bridgehead atoms. The van der Waals surface area contributed by atoms with E-state index in [2.05, 4.69) is 20.1 Å². The van der Waals surface area contributed by atoms with Crippen LogP contribution in [0.15, 0.2) is 36.5 Å². The fourth-order valence-electron chi connectivity index (χ4n) is 3.50. The second-order valence-corrected chi connectivity index (χ2v) is 7.66. The highest BCUT2D eigenvalue weighted by atomic mass is 35.5. The molecule has 1 aromatic heterocycles. The normalized spacial score (nSPS) is 17.6. The summed E-state index contributed by atoms with van der Waals surface area (Å²) >= 11 is 6.32. The zero-order valence-corrected chi connectivity index (χ0v) is 17.0. The summed E-state index contributed by atoms with van der Waals surface area (Å²) in [6.45, 7) is 5.87. The van der Waals surface area contributed by atoms with Gasteiger partial charge in [-0.2, -0.15) is 0 Å². The van der Waals surface area contributed by atoms with Crippen LogP contribution in [0, 0.1) is 0 Å². The van der Waals surface area contributed by atoms with E-state index in [9.17, 15) is 4.79 Å². The van der Waals surface area contributed by atoms with Crippen molar-refractivity contribution in [3.05, 3.63) is 47.2 Å². The lowest BCUT2D eigenvalue weighted by molar-refractivity contribution is -0.117. The lowest BCUT2D eigenvalue weighted by atomic mass is 10.2. The highest BCUT2D eigenvalue weighted by molar-refractivity contribution is 6.34. The predicted octanol–water partition coefficient (Wildman–Crippen LogP) is 2.65. The Morgan fingerprint density at radius 2 is 1.79 bits per heavy atom. The first-order valence-corrected chi connectivity index (χ1v) is 10.3. The number of aromatic nitrogens is 1. The van der Waals surface area contributed by atoms with Crippen molar-refractivity contribution in [3.8, 4) is 11.5 Å². The van der Waals surface area contributed by atoms with Gasteiger partial charge in [0.25, 0.3) is 0 Å². The van der Waals surface area contributed by atoms with Crippen molar-refractivity contribution in [2.24, 2.45) is 0 Å². The zero-order chi connectivity index (χ0) is 20.1. The summed E-state index contributed by atoms with van der Waals surface area (Å²) in [7, 11) is 0. The summed E-state index contributed by atoms with van der Waals surface area (Å²) in [4.78, 5) is 21.4. The summed E-state index contributed by atoms with van der Waals surface area (Å²) in [6, 6.07) is 9.42. The second kappa shape index (κ2) is 9.43. The first kappa shape index (κ1) is 19.9. The van der Waals surface area contributed by atoms with Crippen molar-refractivity contribution in [3.63, 3.8) is 0 Å². The molecule has 2 aromatic rings. The third kappa shape index (κ3) is 5.38. The third-order valence-corrected chi connectivity index (χ3v) is 5.37. The number of rotatable bonds is 5. The van der Waals surface area contributed by atoms with Gasteiger partial charge in [0.2, 0.25) is 5.91 Å². The number of halogens is 1. The van der Waals surface area contributed by atoms with Gasteiger partial charge in [-0.05, 0) is 12.1 Å². The van der Waals surface area contributed by atoms with Crippen LogP contribution in [0.25, 0.3) is 0 Å². The molecular formula is C21H25ClN4O3. The number of carbonyl (C=O) groups excluding carboxylic acids is 1. The number of nitrogens with zero attached hydrogens (tertiary/aromatic N) is 3. The molecule has 0 spiro atoms. The van der Waals surface area contributed by atoms with Crippen molar-refractivity contribution >= 4 is 23.2 Å². The van der Waals surface area contributed by atoms with Gasteiger partial charge < -0.3 is 14.8 Å². The van der Waals surface area contributed by atoms with Crippen LogP contribution in [0.3, 0.4) is 0 Å². The van der Waals surface area contributed by atoms with Gasteiger partial charge in [-0.1, -0.05) is 17.7 Å². The summed E-state index contributed by atoms with van der Waals surface area (Å²) in [5.74, 6) is 1.15. The van der Waals surface area contributed by atoms with Crippen LogP contribution in [-0.4, -0.2) is 66.6 Å². The molecule has 1 saturated heterocycles. The first-order valence-electron chi connectivity index (χ1n) is 9.91. The number of anilines is 1. The Morgan fingerprint density at radius 3 is 2.52 bits per heavy atom. The Morgan fingerprint density at radius 1 is 1.07 bits per heavy atom. The van der Waals surface area contributed by atoms with E-state index >= 15 is 0 Å². The van der Waals surface area contributed by atoms with Crippen LogP contribution in [0.5, 0.6) is 11.5 Å². The SMILES string of the molecule is O=C(CN1CCN(Cc2ccccn2)CC1)Nc1cc2c(cc1Cl)OCCCO2. The fourth-order valence-corrected chi connectivity index (χ4v) is 3.70. The molecule has 1 N–H and O–H groups in total. The number of pyridine rings is 1. The van der Waals surface area contributed by atoms with Crippen LogP contribution < -0.4 is 14.8 Å². The molecular weight excluding hydrogens is 392 g/mol. The lowest BCUT2D eigenvalue weighted by Crippen LogP contribution is -2.48. The van der Waals surface area contributed by atoms with Gasteiger partial charge in [0.15, 0.2) is 11.5 Å². The molecule has 0 radical (unpaired) electrons. The fraction of sp³-hybridized carbons (Fsp3) is 0.429. The molecule has 0 unspecified atom stereocenters. The van der Waals surface area contributed by atoms with Gasteiger partial charge in [-0.15, -0.1) is 0 Å². The van der Waals surface area contributed by atoms with E-state index in [0.29, 0.717) is 42.0 Å². The van der Waals surface area contributed by atoms with Gasteiger partial charge in [0, 0.05) is 57.5 Å². The van der Waals surface area contributed by atoms with E-state index in [4.69, 9.17) is 21.1 Å². The Hall–Kier alpha value is -2.35. The number of benzene rings is 1. The maximum Gasteiger partial charge on any atom is 0.238 e. The summed E-state index contributed by atoms with van der Waals surface area (Å²) in [5, 5.41) is 3.35. The molecule has 4 rings (SSSR count). The minimum absolute atomic E-state index is 0.0837. The lowest BCUT2D eigenvalue weighted by Gasteiger charge is -2.34. The van der Waals surface area contributed by atoms with E-state index in [1.165, 1.54) is 0 Å². The Balaban J connectivity index is 1.28. The zero-order valence-electron chi connectivity index (χ0n) is 16.3. The molecule has 1 fully saturated rings. The molecule has 7 nitrogen and oxygen atoms in total. The van der Waals surface area contributed by atoms with Crippen LogP contribution in [0.4, 0.5) is 5.69 Å². The number of nitrogens with one attached hydrogen (secondary N) is 1. The number of carbonyl (C=O) groups is 1. The molecule has 2 aliphatic heterocycles. The minimum Gasteiger partial charge on any atom is -0.490 e.